The van der Waals surface area contributed by atoms with Gasteiger partial charge in [0.15, 0.2) is 0 Å². The van der Waals surface area contributed by atoms with Gasteiger partial charge in [-0.2, -0.15) is 5.26 Å². The van der Waals surface area contributed by atoms with Gasteiger partial charge in [-0.25, -0.2) is 4.98 Å². The molecule has 0 bridgehead atoms. The van der Waals surface area contributed by atoms with Gasteiger partial charge in [0.05, 0.1) is 13.2 Å². The Balaban J connectivity index is 2.60. The molecule has 78 valence electrons. The lowest BCUT2D eigenvalue weighted by Gasteiger charge is -2.22. The topological polar surface area (TPSA) is 66.1 Å². The first kappa shape index (κ1) is 9.94. The minimum absolute atomic E-state index is 0.352. The molecule has 0 amide bonds. The largest absolute Gasteiger partial charge is 0.480 e. The van der Waals surface area contributed by atoms with Crippen molar-refractivity contribution in [3.8, 4) is 11.9 Å². The molecule has 0 aromatic carbocycles. The summed E-state index contributed by atoms with van der Waals surface area (Å²) >= 11 is 0. The van der Waals surface area contributed by atoms with E-state index in [1.54, 1.807) is 6.20 Å². The van der Waals surface area contributed by atoms with E-state index in [0.29, 0.717) is 11.4 Å². The van der Waals surface area contributed by atoms with E-state index in [9.17, 15) is 5.11 Å². The number of rotatable bonds is 1. The van der Waals surface area contributed by atoms with Crippen LogP contribution < -0.4 is 4.74 Å². The zero-order valence-corrected chi connectivity index (χ0v) is 8.53. The molecule has 0 fully saturated rings. The molecule has 1 aliphatic rings. The van der Waals surface area contributed by atoms with E-state index in [2.05, 4.69) is 11.1 Å². The first-order valence-electron chi connectivity index (χ1n) is 4.92. The van der Waals surface area contributed by atoms with E-state index >= 15 is 0 Å². The highest BCUT2D eigenvalue weighted by molar-refractivity contribution is 5.49. The van der Waals surface area contributed by atoms with E-state index < -0.39 is 6.10 Å². The Labute approximate surface area is 88.1 Å². The van der Waals surface area contributed by atoms with Crippen molar-refractivity contribution >= 4 is 0 Å². The third-order valence-electron chi connectivity index (χ3n) is 2.75. The fourth-order valence-corrected chi connectivity index (χ4v) is 2.00. The third-order valence-corrected chi connectivity index (χ3v) is 2.75. The van der Waals surface area contributed by atoms with Gasteiger partial charge in [-0.15, -0.1) is 0 Å². The molecule has 0 aliphatic heterocycles. The van der Waals surface area contributed by atoms with Gasteiger partial charge in [0.25, 0.3) is 0 Å². The molecule has 1 aliphatic carbocycles. The molecule has 4 nitrogen and oxygen atoms in total. The summed E-state index contributed by atoms with van der Waals surface area (Å²) in [7, 11) is 1.49. The van der Waals surface area contributed by atoms with Gasteiger partial charge >= 0.3 is 0 Å². The van der Waals surface area contributed by atoms with Crippen LogP contribution in [0.1, 0.15) is 35.6 Å². The molecule has 1 atom stereocenters. The van der Waals surface area contributed by atoms with Gasteiger partial charge in [0.2, 0.25) is 5.88 Å². The van der Waals surface area contributed by atoms with Crippen molar-refractivity contribution in [3.63, 3.8) is 0 Å². The maximum atomic E-state index is 9.75. The summed E-state index contributed by atoms with van der Waals surface area (Å²) < 4.78 is 5.02. The molecule has 0 radical (unpaired) electrons. The van der Waals surface area contributed by atoms with Crippen molar-refractivity contribution < 1.29 is 9.84 Å². The predicted octanol–water partition coefficient (Wildman–Crippen LogP) is 1.33. The number of ether oxygens (including phenoxy) is 1. The fourth-order valence-electron chi connectivity index (χ4n) is 2.00. The highest BCUT2D eigenvalue weighted by Crippen LogP contribution is 2.33. The molecule has 2 rings (SSSR count). The minimum atomic E-state index is -0.487. The van der Waals surface area contributed by atoms with Gasteiger partial charge in [0.1, 0.15) is 11.6 Å². The van der Waals surface area contributed by atoms with Crippen LogP contribution in [-0.2, 0) is 6.42 Å². The second-order valence-electron chi connectivity index (χ2n) is 3.60. The summed E-state index contributed by atoms with van der Waals surface area (Å²) in [4.78, 5) is 4.03. The molecule has 0 spiro atoms. The second kappa shape index (κ2) is 3.87. The zero-order valence-electron chi connectivity index (χ0n) is 8.53. The number of aliphatic hydroxyl groups is 1. The molecule has 1 aromatic heterocycles. The van der Waals surface area contributed by atoms with Gasteiger partial charge in [0, 0.05) is 11.8 Å². The first-order valence-corrected chi connectivity index (χ1v) is 4.92. The lowest BCUT2D eigenvalue weighted by Crippen LogP contribution is -2.12. The van der Waals surface area contributed by atoms with Crippen LogP contribution in [-0.4, -0.2) is 17.2 Å². The van der Waals surface area contributed by atoms with Gasteiger partial charge in [-0.1, -0.05) is 0 Å². The Hall–Kier alpha value is -1.60. The minimum Gasteiger partial charge on any atom is -0.480 e. The van der Waals surface area contributed by atoms with Gasteiger partial charge in [-0.3, -0.25) is 0 Å². The zero-order chi connectivity index (χ0) is 10.8. The number of nitrogens with zero attached hydrogens (tertiary/aromatic N) is 2. The van der Waals surface area contributed by atoms with Crippen LogP contribution in [0.25, 0.3) is 0 Å². The fraction of sp³-hybridized carbons (Fsp3) is 0.455. The van der Waals surface area contributed by atoms with Crippen LogP contribution in [0, 0.1) is 11.3 Å². The van der Waals surface area contributed by atoms with E-state index in [4.69, 9.17) is 10.00 Å². The van der Waals surface area contributed by atoms with Gasteiger partial charge < -0.3 is 9.84 Å². The Bertz CT molecular complexity index is 423. The first-order chi connectivity index (χ1) is 7.27. The number of hydrogen-bond donors (Lipinski definition) is 1. The lowest BCUT2D eigenvalue weighted by atomic mass is 9.88. The Morgan fingerprint density at radius 3 is 3.13 bits per heavy atom. The van der Waals surface area contributed by atoms with E-state index in [1.807, 2.05) is 0 Å². The number of methoxy groups -OCH3 is 1. The van der Waals surface area contributed by atoms with Crippen LogP contribution in [0.4, 0.5) is 0 Å². The maximum Gasteiger partial charge on any atom is 0.231 e. The van der Waals surface area contributed by atoms with Crippen LogP contribution in [0.2, 0.25) is 0 Å². The number of nitriles is 1. The number of hydrogen-bond acceptors (Lipinski definition) is 4. The van der Waals surface area contributed by atoms with Crippen molar-refractivity contribution in [3.05, 3.63) is 22.9 Å². The monoisotopic (exact) mass is 204 g/mol. The number of pyridine rings is 1. The number of fused-ring (bicyclic) bond motifs is 1. The molecule has 1 N–H and O–H groups in total. The van der Waals surface area contributed by atoms with Crippen LogP contribution >= 0.6 is 0 Å². The third kappa shape index (κ3) is 1.55. The summed E-state index contributed by atoms with van der Waals surface area (Å²) in [5.41, 5.74) is 2.13. The summed E-state index contributed by atoms with van der Waals surface area (Å²) in [6.45, 7) is 0. The number of aliphatic hydroxyl groups excluding tert-OH is 1. The second-order valence-corrected chi connectivity index (χ2v) is 3.60. The van der Waals surface area contributed by atoms with Gasteiger partial charge in [-0.05, 0) is 24.8 Å². The molecule has 4 heteroatoms. The molecule has 1 heterocycles. The Morgan fingerprint density at radius 2 is 2.47 bits per heavy atom. The lowest BCUT2D eigenvalue weighted by molar-refractivity contribution is 0.156. The SMILES string of the molecule is COc1ncc2c(c1C#N)CCCC2O. The molecular weight excluding hydrogens is 192 g/mol. The van der Waals surface area contributed by atoms with Crippen LogP contribution in [0.5, 0.6) is 5.88 Å². The van der Waals surface area contributed by atoms with E-state index in [1.165, 1.54) is 7.11 Å². The molecule has 15 heavy (non-hydrogen) atoms. The summed E-state index contributed by atoms with van der Waals surface area (Å²) in [5, 5.41) is 18.8. The van der Waals surface area contributed by atoms with Crippen molar-refractivity contribution in [2.45, 2.75) is 25.4 Å². The average Bonchev–Trinajstić information content (AvgIpc) is 2.28. The summed E-state index contributed by atoms with van der Waals surface area (Å²) in [5.74, 6) is 0.352. The number of aromatic nitrogens is 1. The Kier molecular flexibility index (Phi) is 2.57. The molecule has 0 saturated heterocycles. The molecule has 0 saturated carbocycles. The molecule has 1 unspecified atom stereocenters. The normalized spacial score (nSPS) is 19.1. The standard InChI is InChI=1S/C11H12N2O2/c1-15-11-8(5-12)7-3-2-4-10(14)9(7)6-13-11/h6,10,14H,2-4H2,1H3. The maximum absolute atomic E-state index is 9.75. The van der Waals surface area contributed by atoms with Crippen LogP contribution in [0.3, 0.4) is 0 Å². The van der Waals surface area contributed by atoms with E-state index in [-0.39, 0.29) is 0 Å². The van der Waals surface area contributed by atoms with Crippen molar-refractivity contribution in [1.82, 2.24) is 4.98 Å². The predicted molar refractivity (Wildman–Crippen MR) is 53.4 cm³/mol. The molecular formula is C11H12N2O2. The highest BCUT2D eigenvalue weighted by Gasteiger charge is 2.23. The van der Waals surface area contributed by atoms with Crippen molar-refractivity contribution in [2.75, 3.05) is 7.11 Å². The highest BCUT2D eigenvalue weighted by atomic mass is 16.5. The van der Waals surface area contributed by atoms with E-state index in [0.717, 1.165) is 30.4 Å². The summed E-state index contributed by atoms with van der Waals surface area (Å²) in [6.07, 6.45) is 3.58. The summed E-state index contributed by atoms with van der Waals surface area (Å²) in [6, 6.07) is 2.10. The average molecular weight is 204 g/mol. The van der Waals surface area contributed by atoms with Crippen LogP contribution in [0.15, 0.2) is 6.20 Å². The Morgan fingerprint density at radius 1 is 1.67 bits per heavy atom. The molecule has 1 aromatic rings. The van der Waals surface area contributed by atoms with Crippen molar-refractivity contribution in [1.29, 1.82) is 5.26 Å². The quantitative estimate of drug-likeness (QED) is 0.749. The smallest absolute Gasteiger partial charge is 0.231 e. The van der Waals surface area contributed by atoms with Crippen molar-refractivity contribution in [2.24, 2.45) is 0 Å².